The lowest BCUT2D eigenvalue weighted by molar-refractivity contribution is 0.0956. The molecule has 1 atom stereocenters. The third kappa shape index (κ3) is 1.38. The van der Waals surface area contributed by atoms with E-state index < -0.39 is 0 Å². The van der Waals surface area contributed by atoms with Gasteiger partial charge in [0.1, 0.15) is 0 Å². The smallest absolute Gasteiger partial charge is 0.280 e. The van der Waals surface area contributed by atoms with Gasteiger partial charge in [-0.2, -0.15) is 5.10 Å². The Labute approximate surface area is 124 Å². The van der Waals surface area contributed by atoms with Crippen LogP contribution in [0.15, 0.2) is 6.07 Å². The van der Waals surface area contributed by atoms with Gasteiger partial charge in [-0.1, -0.05) is 13.0 Å². The Morgan fingerprint density at radius 3 is 2.67 bits per heavy atom. The highest BCUT2D eigenvalue weighted by Gasteiger charge is 2.47. The highest BCUT2D eigenvalue weighted by Crippen LogP contribution is 2.52. The van der Waals surface area contributed by atoms with Crippen molar-refractivity contribution in [1.29, 1.82) is 0 Å². The number of aryl methyl sites for hydroxylation is 2. The summed E-state index contributed by atoms with van der Waals surface area (Å²) in [5, 5.41) is 10.5. The zero-order chi connectivity index (χ0) is 15.1. The number of hydrogen-bond acceptors (Lipinski definition) is 3. The average Bonchev–Trinajstić information content (AvgIpc) is 2.68. The molecular weight excluding hydrogens is 262 g/mol. The van der Waals surface area contributed by atoms with Crippen LogP contribution in [-0.2, 0) is 0 Å². The predicted molar refractivity (Wildman–Crippen MR) is 82.9 cm³/mol. The Morgan fingerprint density at radius 2 is 1.95 bits per heavy atom. The zero-order valence-corrected chi connectivity index (χ0v) is 13.1. The number of aromatic nitrogens is 2. The van der Waals surface area contributed by atoms with Gasteiger partial charge in [0.2, 0.25) is 0 Å². The third-order valence-electron chi connectivity index (χ3n) is 5.00. The van der Waals surface area contributed by atoms with Crippen molar-refractivity contribution in [2.24, 2.45) is 0 Å². The normalized spacial score (nSPS) is 22.2. The summed E-state index contributed by atoms with van der Waals surface area (Å²) in [5.41, 5.74) is 4.80. The molecule has 2 aliphatic heterocycles. The topological polar surface area (TPSA) is 46.1 Å². The molecular formula is C17H19N3O. The molecule has 4 rings (SSSR count). The fourth-order valence-electron chi connectivity index (χ4n) is 4.26. The van der Waals surface area contributed by atoms with Crippen LogP contribution in [0, 0.1) is 13.8 Å². The first-order valence-electron chi connectivity index (χ1n) is 7.48. The number of nitrogens with zero attached hydrogens (tertiary/aromatic N) is 3. The summed E-state index contributed by atoms with van der Waals surface area (Å²) >= 11 is 0. The van der Waals surface area contributed by atoms with E-state index in [1.807, 2.05) is 11.8 Å². The Balaban J connectivity index is 2.23. The maximum absolute atomic E-state index is 12.9. The van der Waals surface area contributed by atoms with Crippen LogP contribution in [0.25, 0.3) is 10.8 Å². The molecule has 1 amide bonds. The van der Waals surface area contributed by atoms with Gasteiger partial charge in [-0.3, -0.25) is 4.79 Å². The maximum Gasteiger partial charge on any atom is 0.280 e. The van der Waals surface area contributed by atoms with E-state index >= 15 is 0 Å². The van der Waals surface area contributed by atoms with Gasteiger partial charge in [0, 0.05) is 16.3 Å². The summed E-state index contributed by atoms with van der Waals surface area (Å²) in [7, 11) is 0. The third-order valence-corrected chi connectivity index (χ3v) is 5.00. The SMILES string of the molecule is Cc1cc2c3c4c(nnc(C)c14)C(=O)N3C(C)(C)C[C@@H]2C. The van der Waals surface area contributed by atoms with Crippen LogP contribution in [0.4, 0.5) is 5.69 Å². The van der Waals surface area contributed by atoms with Crippen LogP contribution in [-0.4, -0.2) is 21.6 Å². The zero-order valence-electron chi connectivity index (χ0n) is 13.1. The Hall–Kier alpha value is -1.97. The number of amides is 1. The molecule has 2 aromatic rings. The summed E-state index contributed by atoms with van der Waals surface area (Å²) in [5.74, 6) is 0.452. The predicted octanol–water partition coefficient (Wildman–Crippen LogP) is 3.49. The van der Waals surface area contributed by atoms with Gasteiger partial charge in [-0.15, -0.1) is 5.10 Å². The molecule has 4 nitrogen and oxygen atoms in total. The quantitative estimate of drug-likeness (QED) is 0.742. The van der Waals surface area contributed by atoms with Gasteiger partial charge in [-0.25, -0.2) is 0 Å². The lowest BCUT2D eigenvalue weighted by atomic mass is 9.79. The van der Waals surface area contributed by atoms with Crippen LogP contribution in [0.3, 0.4) is 0 Å². The molecule has 1 aromatic heterocycles. The highest BCUT2D eigenvalue weighted by atomic mass is 16.2. The molecule has 0 bridgehead atoms. The number of rotatable bonds is 0. The molecule has 4 heteroatoms. The van der Waals surface area contributed by atoms with Gasteiger partial charge < -0.3 is 4.90 Å². The summed E-state index contributed by atoms with van der Waals surface area (Å²) in [6, 6.07) is 2.24. The number of carbonyl (C=O) groups is 1. The second-order valence-electron chi connectivity index (χ2n) is 7.07. The average molecular weight is 281 g/mol. The van der Waals surface area contributed by atoms with E-state index in [1.165, 1.54) is 11.1 Å². The fraction of sp³-hybridized carbons (Fsp3) is 0.471. The highest BCUT2D eigenvalue weighted by molar-refractivity contribution is 6.26. The van der Waals surface area contributed by atoms with Gasteiger partial charge in [0.25, 0.3) is 5.91 Å². The fourth-order valence-corrected chi connectivity index (χ4v) is 4.26. The molecule has 21 heavy (non-hydrogen) atoms. The lowest BCUT2D eigenvalue weighted by Gasteiger charge is -2.43. The van der Waals surface area contributed by atoms with Crippen molar-refractivity contribution < 1.29 is 4.79 Å². The molecule has 0 saturated carbocycles. The molecule has 0 aliphatic carbocycles. The van der Waals surface area contributed by atoms with Crippen molar-refractivity contribution in [2.75, 3.05) is 4.90 Å². The van der Waals surface area contributed by atoms with Crippen molar-refractivity contribution in [1.82, 2.24) is 10.2 Å². The number of anilines is 1. The Kier molecular flexibility index (Phi) is 2.19. The second-order valence-corrected chi connectivity index (χ2v) is 7.07. The number of hydrogen-bond donors (Lipinski definition) is 0. The number of benzene rings is 1. The molecule has 0 unspecified atom stereocenters. The van der Waals surface area contributed by atoms with E-state index in [1.54, 1.807) is 0 Å². The van der Waals surface area contributed by atoms with Crippen molar-refractivity contribution in [3.8, 4) is 0 Å². The summed E-state index contributed by atoms with van der Waals surface area (Å²) in [6.07, 6.45) is 0.969. The van der Waals surface area contributed by atoms with E-state index in [0.717, 1.165) is 28.6 Å². The van der Waals surface area contributed by atoms with Crippen molar-refractivity contribution in [2.45, 2.75) is 52.5 Å². The summed E-state index contributed by atoms with van der Waals surface area (Å²) < 4.78 is 0. The standard InChI is InChI=1S/C17H19N3O/c1-8-6-11-9(2)7-17(4,5)20-15(11)13-12(8)10(3)18-19-14(13)16(20)21/h6,9H,7H2,1-5H3/t9-/m0/s1. The van der Waals surface area contributed by atoms with Gasteiger partial charge in [-0.05, 0) is 51.2 Å². The van der Waals surface area contributed by atoms with E-state index in [4.69, 9.17) is 0 Å². The molecule has 0 N–H and O–H groups in total. The first-order chi connectivity index (χ1) is 9.83. The molecule has 0 fully saturated rings. The first kappa shape index (κ1) is 12.7. The maximum atomic E-state index is 12.9. The largest absolute Gasteiger partial charge is 0.300 e. The van der Waals surface area contributed by atoms with Gasteiger partial charge in [0.15, 0.2) is 5.69 Å². The molecule has 0 radical (unpaired) electrons. The minimum Gasteiger partial charge on any atom is -0.300 e. The van der Waals surface area contributed by atoms with Crippen LogP contribution in [0.5, 0.6) is 0 Å². The van der Waals surface area contributed by atoms with Crippen LogP contribution >= 0.6 is 0 Å². The van der Waals surface area contributed by atoms with Gasteiger partial charge >= 0.3 is 0 Å². The summed E-state index contributed by atoms with van der Waals surface area (Å²) in [4.78, 5) is 14.8. The van der Waals surface area contributed by atoms with Crippen molar-refractivity contribution in [3.05, 3.63) is 28.6 Å². The van der Waals surface area contributed by atoms with E-state index in [9.17, 15) is 4.79 Å². The van der Waals surface area contributed by atoms with Crippen LogP contribution < -0.4 is 4.90 Å². The van der Waals surface area contributed by atoms with Crippen LogP contribution in [0.1, 0.15) is 60.4 Å². The molecule has 108 valence electrons. The molecule has 0 spiro atoms. The van der Waals surface area contributed by atoms with E-state index in [-0.39, 0.29) is 11.4 Å². The summed E-state index contributed by atoms with van der Waals surface area (Å²) in [6.45, 7) is 10.6. The molecule has 2 aliphatic rings. The Bertz CT molecular complexity index is 823. The molecule has 1 aromatic carbocycles. The van der Waals surface area contributed by atoms with E-state index in [0.29, 0.717) is 11.6 Å². The molecule has 3 heterocycles. The number of carbonyl (C=O) groups excluding carboxylic acids is 1. The first-order valence-corrected chi connectivity index (χ1v) is 7.48. The minimum absolute atomic E-state index is 0.00579. The minimum atomic E-state index is -0.180. The van der Waals surface area contributed by atoms with Crippen molar-refractivity contribution in [3.63, 3.8) is 0 Å². The second kappa shape index (κ2) is 3.62. The van der Waals surface area contributed by atoms with Crippen molar-refractivity contribution >= 4 is 22.4 Å². The van der Waals surface area contributed by atoms with Gasteiger partial charge in [0.05, 0.1) is 11.4 Å². The monoisotopic (exact) mass is 281 g/mol. The van der Waals surface area contributed by atoms with Crippen LogP contribution in [0.2, 0.25) is 0 Å². The van der Waals surface area contributed by atoms with E-state index in [2.05, 4.69) is 44.0 Å². The molecule has 0 saturated heterocycles. The lowest BCUT2D eigenvalue weighted by Crippen LogP contribution is -2.49. The Morgan fingerprint density at radius 1 is 1.24 bits per heavy atom.